The van der Waals surface area contributed by atoms with Crippen LogP contribution in [0.15, 0.2) is 0 Å². The number of carbonyl (C=O) groups excluding carboxylic acids is 2. The van der Waals surface area contributed by atoms with E-state index in [4.69, 9.17) is 4.74 Å². The topological polar surface area (TPSA) is 43.4 Å². The molecular formula is C13H18O3. The molecule has 3 aliphatic rings. The number of Topliss-reactive ketones (excluding diaryl/α,β-unsaturated/α-hetero) is 1. The molecule has 0 spiro atoms. The van der Waals surface area contributed by atoms with Crippen LogP contribution in [-0.2, 0) is 14.3 Å². The summed E-state index contributed by atoms with van der Waals surface area (Å²) in [5.74, 6) is 1.43. The molecule has 3 heteroatoms. The lowest BCUT2D eigenvalue weighted by molar-refractivity contribution is -0.155. The van der Waals surface area contributed by atoms with Crippen LogP contribution < -0.4 is 0 Å². The van der Waals surface area contributed by atoms with Gasteiger partial charge in [0.05, 0.1) is 6.61 Å². The molecule has 0 aromatic heterocycles. The number of rotatable bonds is 2. The van der Waals surface area contributed by atoms with Crippen LogP contribution in [0.1, 0.15) is 39.0 Å². The molecule has 0 aromatic rings. The summed E-state index contributed by atoms with van der Waals surface area (Å²) in [5, 5.41) is 0. The summed E-state index contributed by atoms with van der Waals surface area (Å²) >= 11 is 0. The third kappa shape index (κ3) is 1.14. The predicted molar refractivity (Wildman–Crippen MR) is 57.6 cm³/mol. The Labute approximate surface area is 95.5 Å². The molecule has 88 valence electrons. The minimum absolute atomic E-state index is 0.0348. The van der Waals surface area contributed by atoms with Gasteiger partial charge in [0.25, 0.3) is 0 Å². The molecule has 1 aliphatic heterocycles. The van der Waals surface area contributed by atoms with Crippen LogP contribution in [0.25, 0.3) is 0 Å². The number of hydrogen-bond donors (Lipinski definition) is 0. The second-order valence-electron chi connectivity index (χ2n) is 5.69. The molecule has 1 saturated heterocycles. The van der Waals surface area contributed by atoms with Gasteiger partial charge in [0, 0.05) is 6.42 Å². The van der Waals surface area contributed by atoms with E-state index in [9.17, 15) is 9.59 Å². The van der Waals surface area contributed by atoms with E-state index >= 15 is 0 Å². The summed E-state index contributed by atoms with van der Waals surface area (Å²) in [5.41, 5.74) is -0.764. The highest BCUT2D eigenvalue weighted by Gasteiger charge is 2.59. The fourth-order valence-corrected chi connectivity index (χ4v) is 4.30. The van der Waals surface area contributed by atoms with Crippen LogP contribution >= 0.6 is 0 Å². The number of fused-ring (bicyclic) bond motifs is 2. The smallest absolute Gasteiger partial charge is 0.320 e. The Balaban J connectivity index is 1.95. The standard InChI is InChI=1S/C13H18O3/c1-8(14)13(4-5-16-12(13)15)11-7-9-2-3-10(11)6-9/h9-11H,2-7H2,1H3. The van der Waals surface area contributed by atoms with E-state index in [2.05, 4.69) is 0 Å². The molecule has 0 radical (unpaired) electrons. The lowest BCUT2D eigenvalue weighted by Gasteiger charge is -2.34. The van der Waals surface area contributed by atoms with Gasteiger partial charge < -0.3 is 4.74 Å². The average molecular weight is 222 g/mol. The molecule has 2 bridgehead atoms. The molecule has 16 heavy (non-hydrogen) atoms. The number of ether oxygens (including phenoxy) is 1. The fraction of sp³-hybridized carbons (Fsp3) is 0.846. The number of carbonyl (C=O) groups is 2. The Morgan fingerprint density at radius 3 is 2.62 bits per heavy atom. The van der Waals surface area contributed by atoms with Gasteiger partial charge in [0.2, 0.25) is 0 Å². The van der Waals surface area contributed by atoms with E-state index in [1.54, 1.807) is 6.92 Å². The van der Waals surface area contributed by atoms with Crippen molar-refractivity contribution >= 4 is 11.8 Å². The van der Waals surface area contributed by atoms with Crippen molar-refractivity contribution in [2.24, 2.45) is 23.2 Å². The molecule has 4 unspecified atom stereocenters. The summed E-state index contributed by atoms with van der Waals surface area (Å²) in [4.78, 5) is 23.9. The number of cyclic esters (lactones) is 1. The van der Waals surface area contributed by atoms with Gasteiger partial charge in [-0.25, -0.2) is 0 Å². The van der Waals surface area contributed by atoms with Crippen LogP contribution in [0, 0.1) is 23.2 Å². The highest BCUT2D eigenvalue weighted by atomic mass is 16.5. The summed E-state index contributed by atoms with van der Waals surface area (Å²) in [6, 6.07) is 0. The van der Waals surface area contributed by atoms with Crippen LogP contribution in [-0.4, -0.2) is 18.4 Å². The molecule has 2 saturated carbocycles. The Kier molecular flexibility index (Phi) is 2.13. The first kappa shape index (κ1) is 10.3. The maximum absolute atomic E-state index is 12.0. The summed E-state index contributed by atoms with van der Waals surface area (Å²) < 4.78 is 5.09. The lowest BCUT2D eigenvalue weighted by Crippen LogP contribution is -2.43. The third-order valence-electron chi connectivity index (χ3n) is 5.09. The van der Waals surface area contributed by atoms with E-state index in [0.717, 1.165) is 12.3 Å². The Bertz CT molecular complexity index is 349. The molecule has 0 aromatic carbocycles. The molecule has 1 heterocycles. The van der Waals surface area contributed by atoms with Gasteiger partial charge in [-0.3, -0.25) is 9.59 Å². The zero-order chi connectivity index (χ0) is 11.3. The maximum atomic E-state index is 12.0. The molecule has 3 nitrogen and oxygen atoms in total. The van der Waals surface area contributed by atoms with Gasteiger partial charge in [-0.1, -0.05) is 6.42 Å². The Hall–Kier alpha value is -0.860. The average Bonchev–Trinajstić information content (AvgIpc) is 2.90. The van der Waals surface area contributed by atoms with Crippen LogP contribution in [0.2, 0.25) is 0 Å². The third-order valence-corrected chi connectivity index (χ3v) is 5.09. The Morgan fingerprint density at radius 2 is 2.19 bits per heavy atom. The van der Waals surface area contributed by atoms with Crippen molar-refractivity contribution in [2.45, 2.75) is 39.0 Å². The molecule has 3 fully saturated rings. The molecule has 3 rings (SSSR count). The van der Waals surface area contributed by atoms with Gasteiger partial charge >= 0.3 is 5.97 Å². The van der Waals surface area contributed by atoms with Crippen molar-refractivity contribution in [3.63, 3.8) is 0 Å². The quantitative estimate of drug-likeness (QED) is 0.529. The number of ketones is 1. The van der Waals surface area contributed by atoms with Crippen LogP contribution in [0.4, 0.5) is 0 Å². The largest absolute Gasteiger partial charge is 0.465 e. The summed E-state index contributed by atoms with van der Waals surface area (Å²) in [7, 11) is 0. The second-order valence-corrected chi connectivity index (χ2v) is 5.69. The van der Waals surface area contributed by atoms with Gasteiger partial charge in [-0.05, 0) is 43.9 Å². The van der Waals surface area contributed by atoms with E-state index in [-0.39, 0.29) is 17.7 Å². The van der Waals surface area contributed by atoms with Crippen molar-refractivity contribution in [1.29, 1.82) is 0 Å². The predicted octanol–water partition coefficient (Wildman–Crippen LogP) is 1.94. The number of hydrogen-bond acceptors (Lipinski definition) is 3. The minimum Gasteiger partial charge on any atom is -0.465 e. The summed E-state index contributed by atoms with van der Waals surface area (Å²) in [6.07, 6.45) is 5.42. The van der Waals surface area contributed by atoms with Crippen molar-refractivity contribution in [1.82, 2.24) is 0 Å². The normalized spacial score (nSPS) is 46.1. The van der Waals surface area contributed by atoms with Gasteiger partial charge in [-0.15, -0.1) is 0 Å². The van der Waals surface area contributed by atoms with E-state index in [0.29, 0.717) is 18.9 Å². The highest BCUT2D eigenvalue weighted by molar-refractivity contribution is 6.04. The fourth-order valence-electron chi connectivity index (χ4n) is 4.30. The zero-order valence-electron chi connectivity index (χ0n) is 9.70. The molecule has 0 N–H and O–H groups in total. The van der Waals surface area contributed by atoms with Gasteiger partial charge in [-0.2, -0.15) is 0 Å². The van der Waals surface area contributed by atoms with Gasteiger partial charge in [0.1, 0.15) is 11.2 Å². The Morgan fingerprint density at radius 1 is 1.38 bits per heavy atom. The lowest BCUT2D eigenvalue weighted by atomic mass is 9.65. The zero-order valence-corrected chi connectivity index (χ0v) is 9.70. The first-order valence-corrected chi connectivity index (χ1v) is 6.33. The summed E-state index contributed by atoms with van der Waals surface area (Å²) in [6.45, 7) is 2.00. The van der Waals surface area contributed by atoms with E-state index < -0.39 is 5.41 Å². The SMILES string of the molecule is CC(=O)C1(C2CC3CCC2C3)CCOC1=O. The maximum Gasteiger partial charge on any atom is 0.320 e. The number of esters is 1. The van der Waals surface area contributed by atoms with Crippen molar-refractivity contribution in [2.75, 3.05) is 6.61 Å². The van der Waals surface area contributed by atoms with E-state index in [1.165, 1.54) is 19.3 Å². The molecule has 0 amide bonds. The molecular weight excluding hydrogens is 204 g/mol. The van der Waals surface area contributed by atoms with Crippen LogP contribution in [0.3, 0.4) is 0 Å². The first-order chi connectivity index (χ1) is 7.64. The minimum atomic E-state index is -0.764. The van der Waals surface area contributed by atoms with Crippen molar-refractivity contribution in [3.8, 4) is 0 Å². The molecule has 2 aliphatic carbocycles. The first-order valence-electron chi connectivity index (χ1n) is 6.33. The van der Waals surface area contributed by atoms with Crippen molar-refractivity contribution in [3.05, 3.63) is 0 Å². The highest BCUT2D eigenvalue weighted by Crippen LogP contribution is 2.57. The van der Waals surface area contributed by atoms with Crippen molar-refractivity contribution < 1.29 is 14.3 Å². The van der Waals surface area contributed by atoms with E-state index in [1.807, 2.05) is 0 Å². The second kappa shape index (κ2) is 3.31. The van der Waals surface area contributed by atoms with Crippen LogP contribution in [0.5, 0.6) is 0 Å². The molecule has 4 atom stereocenters. The van der Waals surface area contributed by atoms with Gasteiger partial charge in [0.15, 0.2) is 0 Å². The monoisotopic (exact) mass is 222 g/mol.